The standard InChI is InChI=1S/C4H9NO3S/c1-4(3-6)2-5-9(7)8/h4,6H,2-3H2,1H3. The number of hydrogen-bond acceptors (Lipinski definition) is 4. The maximum Gasteiger partial charge on any atom is 0.311 e. The fourth-order valence-corrected chi connectivity index (χ4v) is 0.622. The third-order valence-electron chi connectivity index (χ3n) is 0.803. The normalized spacial score (nSPS) is 12.7. The highest BCUT2D eigenvalue weighted by Crippen LogP contribution is 1.90. The van der Waals surface area contributed by atoms with Crippen molar-refractivity contribution in [2.75, 3.05) is 13.2 Å². The summed E-state index contributed by atoms with van der Waals surface area (Å²) >= 11 is 0. The van der Waals surface area contributed by atoms with Crippen LogP contribution < -0.4 is 0 Å². The van der Waals surface area contributed by atoms with Crippen LogP contribution in [0.5, 0.6) is 0 Å². The van der Waals surface area contributed by atoms with E-state index in [1.54, 1.807) is 6.92 Å². The molecule has 54 valence electrons. The van der Waals surface area contributed by atoms with Gasteiger partial charge in [0.25, 0.3) is 0 Å². The summed E-state index contributed by atoms with van der Waals surface area (Å²) in [6, 6.07) is 0. The molecule has 4 nitrogen and oxygen atoms in total. The van der Waals surface area contributed by atoms with Crippen LogP contribution in [0.15, 0.2) is 4.36 Å². The van der Waals surface area contributed by atoms with E-state index >= 15 is 0 Å². The van der Waals surface area contributed by atoms with Crippen LogP contribution in [0.3, 0.4) is 0 Å². The molecule has 0 aliphatic rings. The Kier molecular flexibility index (Phi) is 4.25. The largest absolute Gasteiger partial charge is 0.396 e. The topological polar surface area (TPSA) is 66.7 Å². The predicted molar refractivity (Wildman–Crippen MR) is 32.5 cm³/mol. The van der Waals surface area contributed by atoms with Crippen LogP contribution in [0, 0.1) is 5.92 Å². The molecule has 0 amide bonds. The minimum Gasteiger partial charge on any atom is -0.396 e. The molecule has 0 radical (unpaired) electrons. The zero-order valence-corrected chi connectivity index (χ0v) is 5.93. The Hall–Kier alpha value is -0.420. The first-order chi connectivity index (χ1) is 4.16. The van der Waals surface area contributed by atoms with Gasteiger partial charge in [-0.1, -0.05) is 6.92 Å². The van der Waals surface area contributed by atoms with E-state index in [0.717, 1.165) is 0 Å². The van der Waals surface area contributed by atoms with Crippen LogP contribution >= 0.6 is 0 Å². The third-order valence-corrected chi connectivity index (χ3v) is 1.16. The fourth-order valence-electron chi connectivity index (χ4n) is 0.246. The lowest BCUT2D eigenvalue weighted by Gasteiger charge is -1.97. The minimum atomic E-state index is -2.32. The summed E-state index contributed by atoms with van der Waals surface area (Å²) in [5.41, 5.74) is 0. The van der Waals surface area contributed by atoms with Crippen molar-refractivity contribution in [3.05, 3.63) is 0 Å². The number of hydrogen-bond donors (Lipinski definition) is 1. The summed E-state index contributed by atoms with van der Waals surface area (Å²) in [6.07, 6.45) is 0. The van der Waals surface area contributed by atoms with E-state index in [1.807, 2.05) is 0 Å². The summed E-state index contributed by atoms with van der Waals surface area (Å²) < 4.78 is 22.7. The van der Waals surface area contributed by atoms with Crippen molar-refractivity contribution in [3.63, 3.8) is 0 Å². The van der Waals surface area contributed by atoms with Gasteiger partial charge in [0.2, 0.25) is 0 Å². The molecule has 1 N–H and O–H groups in total. The van der Waals surface area contributed by atoms with Crippen LogP contribution in [0.4, 0.5) is 0 Å². The van der Waals surface area contributed by atoms with E-state index in [-0.39, 0.29) is 19.1 Å². The first-order valence-electron chi connectivity index (χ1n) is 2.54. The van der Waals surface area contributed by atoms with Crippen molar-refractivity contribution in [3.8, 4) is 0 Å². The van der Waals surface area contributed by atoms with Gasteiger partial charge >= 0.3 is 10.5 Å². The van der Waals surface area contributed by atoms with Gasteiger partial charge in [-0.2, -0.15) is 12.8 Å². The number of nitrogens with zero attached hydrogens (tertiary/aromatic N) is 1. The maximum absolute atomic E-state index is 9.77. The van der Waals surface area contributed by atoms with E-state index in [9.17, 15) is 8.42 Å². The van der Waals surface area contributed by atoms with Crippen LogP contribution in [-0.4, -0.2) is 26.7 Å². The molecule has 5 heteroatoms. The highest BCUT2D eigenvalue weighted by molar-refractivity contribution is 7.61. The van der Waals surface area contributed by atoms with E-state index < -0.39 is 10.5 Å². The molecule has 0 saturated heterocycles. The molecular weight excluding hydrogens is 142 g/mol. The molecular formula is C4H9NO3S. The predicted octanol–water partition coefficient (Wildman–Crippen LogP) is -0.323. The van der Waals surface area contributed by atoms with Crippen molar-refractivity contribution >= 4 is 10.5 Å². The van der Waals surface area contributed by atoms with Gasteiger partial charge in [-0.05, 0) is 5.92 Å². The molecule has 0 spiro atoms. The van der Waals surface area contributed by atoms with E-state index in [2.05, 4.69) is 4.36 Å². The van der Waals surface area contributed by atoms with Gasteiger partial charge < -0.3 is 5.11 Å². The molecule has 0 heterocycles. The van der Waals surface area contributed by atoms with Crippen LogP contribution in [0.25, 0.3) is 0 Å². The molecule has 0 aromatic heterocycles. The van der Waals surface area contributed by atoms with Gasteiger partial charge in [0.15, 0.2) is 0 Å². The van der Waals surface area contributed by atoms with Crippen LogP contribution in [-0.2, 0) is 10.5 Å². The van der Waals surface area contributed by atoms with E-state index in [1.165, 1.54) is 0 Å². The molecule has 0 aliphatic heterocycles. The second-order valence-electron chi connectivity index (χ2n) is 1.82. The molecule has 0 fully saturated rings. The minimum absolute atomic E-state index is 0.0271. The maximum atomic E-state index is 9.77. The summed E-state index contributed by atoms with van der Waals surface area (Å²) in [5.74, 6) is -0.0668. The van der Waals surface area contributed by atoms with Crippen molar-refractivity contribution in [2.45, 2.75) is 6.92 Å². The number of rotatable bonds is 3. The monoisotopic (exact) mass is 151 g/mol. The SMILES string of the molecule is CC(CO)CN=S(=O)=O. The first-order valence-corrected chi connectivity index (χ1v) is 3.57. The molecule has 0 aromatic carbocycles. The van der Waals surface area contributed by atoms with Gasteiger partial charge in [-0.3, -0.25) is 0 Å². The lowest BCUT2D eigenvalue weighted by Crippen LogP contribution is -2.03. The van der Waals surface area contributed by atoms with Crippen molar-refractivity contribution < 1.29 is 13.5 Å². The Labute approximate surface area is 55.2 Å². The van der Waals surface area contributed by atoms with Gasteiger partial charge in [0.1, 0.15) is 0 Å². The molecule has 1 atom stereocenters. The summed E-state index contributed by atoms with van der Waals surface area (Å²) in [4.78, 5) is 0. The van der Waals surface area contributed by atoms with Crippen LogP contribution in [0.2, 0.25) is 0 Å². The Morgan fingerprint density at radius 2 is 2.22 bits per heavy atom. The van der Waals surface area contributed by atoms with E-state index in [4.69, 9.17) is 5.11 Å². The lowest BCUT2D eigenvalue weighted by molar-refractivity contribution is 0.242. The lowest BCUT2D eigenvalue weighted by atomic mass is 10.2. The molecule has 1 unspecified atom stereocenters. The Morgan fingerprint density at radius 3 is 2.56 bits per heavy atom. The highest BCUT2D eigenvalue weighted by Gasteiger charge is 1.95. The summed E-state index contributed by atoms with van der Waals surface area (Å²) in [5, 5.41) is 8.39. The zero-order chi connectivity index (χ0) is 7.28. The fraction of sp³-hybridized carbons (Fsp3) is 1.00. The molecule has 0 bridgehead atoms. The van der Waals surface area contributed by atoms with Gasteiger partial charge in [-0.15, -0.1) is 0 Å². The third kappa shape index (κ3) is 5.45. The Balaban J connectivity index is 3.63. The van der Waals surface area contributed by atoms with Gasteiger partial charge in [-0.25, -0.2) is 0 Å². The smallest absolute Gasteiger partial charge is 0.311 e. The average molecular weight is 151 g/mol. The summed E-state index contributed by atoms with van der Waals surface area (Å²) in [7, 11) is -2.32. The number of aliphatic hydroxyl groups excluding tert-OH is 1. The zero-order valence-electron chi connectivity index (χ0n) is 5.11. The van der Waals surface area contributed by atoms with Gasteiger partial charge in [0, 0.05) is 6.61 Å². The second-order valence-corrected chi connectivity index (χ2v) is 2.51. The second kappa shape index (κ2) is 4.46. The molecule has 0 rings (SSSR count). The van der Waals surface area contributed by atoms with E-state index in [0.29, 0.717) is 0 Å². The summed E-state index contributed by atoms with van der Waals surface area (Å²) in [6.45, 7) is 1.86. The van der Waals surface area contributed by atoms with Crippen LogP contribution in [0.1, 0.15) is 6.92 Å². The Bertz CT molecular complexity index is 176. The average Bonchev–Trinajstić information content (AvgIpc) is 1.83. The first kappa shape index (κ1) is 8.58. The van der Waals surface area contributed by atoms with Crippen molar-refractivity contribution in [1.82, 2.24) is 0 Å². The molecule has 9 heavy (non-hydrogen) atoms. The molecule has 0 saturated carbocycles. The molecule has 0 aromatic rings. The molecule has 0 aliphatic carbocycles. The Morgan fingerprint density at radius 1 is 1.67 bits per heavy atom. The highest BCUT2D eigenvalue weighted by atomic mass is 32.2. The van der Waals surface area contributed by atoms with Crippen molar-refractivity contribution in [1.29, 1.82) is 0 Å². The number of aliphatic hydroxyl groups is 1. The van der Waals surface area contributed by atoms with Gasteiger partial charge in [0.05, 0.1) is 6.54 Å². The van der Waals surface area contributed by atoms with Crippen molar-refractivity contribution in [2.24, 2.45) is 10.3 Å². The quantitative estimate of drug-likeness (QED) is 0.601.